The summed E-state index contributed by atoms with van der Waals surface area (Å²) in [6, 6.07) is 16.2. The molecule has 3 aromatic rings. The van der Waals surface area contributed by atoms with E-state index in [9.17, 15) is 13.2 Å². The van der Waals surface area contributed by atoms with Crippen LogP contribution in [0.4, 0.5) is 5.69 Å². The molecule has 0 atom stereocenters. The van der Waals surface area contributed by atoms with Gasteiger partial charge in [-0.1, -0.05) is 53.0 Å². The minimum absolute atomic E-state index is 0.0259. The Bertz CT molecular complexity index is 1260. The summed E-state index contributed by atoms with van der Waals surface area (Å²) in [6.07, 6.45) is 0. The summed E-state index contributed by atoms with van der Waals surface area (Å²) >= 11 is 12.1. The first-order valence-corrected chi connectivity index (χ1v) is 12.4. The van der Waals surface area contributed by atoms with E-state index in [0.29, 0.717) is 32.8 Å². The molecule has 0 aliphatic rings. The third kappa shape index (κ3) is 6.21. The molecule has 1 N–H and O–H groups in total. The van der Waals surface area contributed by atoms with Crippen LogP contribution in [-0.4, -0.2) is 39.4 Å². The molecule has 0 aromatic heterocycles. The maximum atomic E-state index is 13.4. The number of aryl methyl sites for hydroxylation is 1. The Balaban J connectivity index is 1.91. The Kier molecular flexibility index (Phi) is 8.43. The van der Waals surface area contributed by atoms with Crippen molar-refractivity contribution in [2.45, 2.75) is 18.4 Å². The molecule has 0 bridgehead atoms. The molecule has 180 valence electrons. The zero-order chi connectivity index (χ0) is 24.9. The lowest BCUT2D eigenvalue weighted by atomic mass is 10.2. The van der Waals surface area contributed by atoms with Crippen molar-refractivity contribution in [3.05, 3.63) is 81.8 Å². The summed E-state index contributed by atoms with van der Waals surface area (Å²) in [4.78, 5) is 13.1. The molecule has 0 aliphatic carbocycles. The van der Waals surface area contributed by atoms with Gasteiger partial charge in [-0.15, -0.1) is 0 Å². The smallest absolute Gasteiger partial charge is 0.243 e. The molecule has 0 spiro atoms. The van der Waals surface area contributed by atoms with Crippen LogP contribution in [0.1, 0.15) is 11.1 Å². The van der Waals surface area contributed by atoms with Gasteiger partial charge in [0, 0.05) is 23.7 Å². The number of carbonyl (C=O) groups excluding carboxylic acids is 1. The number of hydrogen-bond acceptors (Lipinski definition) is 5. The number of hydrogen-bond donors (Lipinski definition) is 1. The molecule has 3 aromatic carbocycles. The Hall–Kier alpha value is -2.78. The number of benzene rings is 3. The molecule has 0 radical (unpaired) electrons. The molecule has 0 saturated carbocycles. The topological polar surface area (TPSA) is 84.9 Å². The van der Waals surface area contributed by atoms with Crippen molar-refractivity contribution in [3.63, 3.8) is 0 Å². The normalized spacial score (nSPS) is 11.4. The highest BCUT2D eigenvalue weighted by atomic mass is 35.5. The van der Waals surface area contributed by atoms with Crippen molar-refractivity contribution in [2.24, 2.45) is 0 Å². The van der Waals surface area contributed by atoms with Crippen molar-refractivity contribution in [2.75, 3.05) is 26.1 Å². The summed E-state index contributed by atoms with van der Waals surface area (Å²) in [5, 5.41) is 3.53. The van der Waals surface area contributed by atoms with Crippen molar-refractivity contribution in [3.8, 4) is 11.5 Å². The van der Waals surface area contributed by atoms with Crippen LogP contribution < -0.4 is 14.8 Å². The molecule has 10 heteroatoms. The minimum atomic E-state index is -3.99. The van der Waals surface area contributed by atoms with Gasteiger partial charge in [-0.25, -0.2) is 8.42 Å². The summed E-state index contributed by atoms with van der Waals surface area (Å²) in [5.41, 5.74) is 1.90. The lowest BCUT2D eigenvalue weighted by Crippen LogP contribution is -2.37. The van der Waals surface area contributed by atoms with Crippen LogP contribution in [0.3, 0.4) is 0 Å². The van der Waals surface area contributed by atoms with Crippen LogP contribution >= 0.6 is 23.2 Å². The second-order valence-electron chi connectivity index (χ2n) is 7.45. The third-order valence-electron chi connectivity index (χ3n) is 5.00. The average molecular weight is 523 g/mol. The minimum Gasteiger partial charge on any atom is -0.495 e. The summed E-state index contributed by atoms with van der Waals surface area (Å²) in [6.45, 7) is 1.40. The monoisotopic (exact) mass is 522 g/mol. The number of nitrogens with zero attached hydrogens (tertiary/aromatic N) is 1. The van der Waals surface area contributed by atoms with Gasteiger partial charge in [0.2, 0.25) is 15.9 Å². The highest BCUT2D eigenvalue weighted by Crippen LogP contribution is 2.36. The maximum absolute atomic E-state index is 13.4. The van der Waals surface area contributed by atoms with Crippen molar-refractivity contribution in [1.29, 1.82) is 0 Å². The first kappa shape index (κ1) is 25.8. The van der Waals surface area contributed by atoms with Crippen LogP contribution in [0.25, 0.3) is 0 Å². The molecular formula is C24H24Cl2N2O5S. The van der Waals surface area contributed by atoms with Crippen LogP contribution in [0.2, 0.25) is 10.0 Å². The number of carbonyl (C=O) groups is 1. The van der Waals surface area contributed by atoms with E-state index in [4.69, 9.17) is 32.7 Å². The van der Waals surface area contributed by atoms with Crippen molar-refractivity contribution < 1.29 is 22.7 Å². The van der Waals surface area contributed by atoms with E-state index in [1.165, 1.54) is 38.5 Å². The number of nitrogens with one attached hydrogen (secondary N) is 1. The highest BCUT2D eigenvalue weighted by molar-refractivity contribution is 7.89. The Morgan fingerprint density at radius 1 is 0.941 bits per heavy atom. The fourth-order valence-corrected chi connectivity index (χ4v) is 4.93. The molecule has 0 fully saturated rings. The van der Waals surface area contributed by atoms with E-state index >= 15 is 0 Å². The predicted octanol–water partition coefficient (Wildman–Crippen LogP) is 5.15. The summed E-state index contributed by atoms with van der Waals surface area (Å²) < 4.78 is 38.5. The Morgan fingerprint density at radius 3 is 2.15 bits per heavy atom. The van der Waals surface area contributed by atoms with Crippen LogP contribution in [0.15, 0.2) is 65.6 Å². The maximum Gasteiger partial charge on any atom is 0.243 e. The van der Waals surface area contributed by atoms with Gasteiger partial charge in [0.25, 0.3) is 0 Å². The lowest BCUT2D eigenvalue weighted by Gasteiger charge is -2.22. The number of ether oxygens (including phenoxy) is 2. The molecule has 34 heavy (non-hydrogen) atoms. The highest BCUT2D eigenvalue weighted by Gasteiger charge is 2.27. The number of halogens is 2. The quantitative estimate of drug-likeness (QED) is 0.420. The summed E-state index contributed by atoms with van der Waals surface area (Å²) in [7, 11) is -1.11. The van der Waals surface area contributed by atoms with E-state index < -0.39 is 22.5 Å². The number of amides is 1. The molecule has 0 aliphatic heterocycles. The molecule has 0 unspecified atom stereocenters. The van der Waals surface area contributed by atoms with Gasteiger partial charge in [0.15, 0.2) is 0 Å². The van der Waals surface area contributed by atoms with Crippen molar-refractivity contribution >= 4 is 44.8 Å². The zero-order valence-electron chi connectivity index (χ0n) is 18.8. The van der Waals surface area contributed by atoms with E-state index in [-0.39, 0.29) is 11.4 Å². The second kappa shape index (κ2) is 11.1. The molecule has 0 heterocycles. The van der Waals surface area contributed by atoms with Gasteiger partial charge < -0.3 is 14.8 Å². The van der Waals surface area contributed by atoms with Gasteiger partial charge >= 0.3 is 0 Å². The van der Waals surface area contributed by atoms with Crippen LogP contribution in [0, 0.1) is 6.92 Å². The number of anilines is 1. The Morgan fingerprint density at radius 2 is 1.56 bits per heavy atom. The standard InChI is InChI=1S/C24H24Cl2N2O5S/c1-16-4-10-19(11-5-16)34(30,31)28(14-17-6-8-18(25)9-7-17)15-24(29)27-21-13-22(32-2)20(26)12-23(21)33-3/h4-13H,14-15H2,1-3H3,(H,27,29). The zero-order valence-corrected chi connectivity index (χ0v) is 21.2. The first-order chi connectivity index (χ1) is 16.1. The fraction of sp³-hybridized carbons (Fsp3) is 0.208. The van der Waals surface area contributed by atoms with E-state index in [1.807, 2.05) is 6.92 Å². The van der Waals surface area contributed by atoms with Gasteiger partial charge in [0.1, 0.15) is 11.5 Å². The molecular weight excluding hydrogens is 499 g/mol. The number of methoxy groups -OCH3 is 2. The molecule has 0 saturated heterocycles. The molecule has 7 nitrogen and oxygen atoms in total. The first-order valence-electron chi connectivity index (χ1n) is 10.2. The second-order valence-corrected chi connectivity index (χ2v) is 10.2. The van der Waals surface area contributed by atoms with E-state index in [1.54, 1.807) is 36.4 Å². The van der Waals surface area contributed by atoms with Gasteiger partial charge in [-0.2, -0.15) is 4.31 Å². The van der Waals surface area contributed by atoms with Gasteiger partial charge in [0.05, 0.1) is 36.4 Å². The number of sulfonamides is 1. The lowest BCUT2D eigenvalue weighted by molar-refractivity contribution is -0.116. The predicted molar refractivity (Wildman–Crippen MR) is 133 cm³/mol. The van der Waals surface area contributed by atoms with Crippen LogP contribution in [0.5, 0.6) is 11.5 Å². The average Bonchev–Trinajstić information content (AvgIpc) is 2.81. The van der Waals surface area contributed by atoms with Gasteiger partial charge in [-0.05, 0) is 36.8 Å². The third-order valence-corrected chi connectivity index (χ3v) is 7.35. The van der Waals surface area contributed by atoms with Gasteiger partial charge in [-0.3, -0.25) is 4.79 Å². The molecule has 1 amide bonds. The largest absolute Gasteiger partial charge is 0.495 e. The van der Waals surface area contributed by atoms with Crippen molar-refractivity contribution in [1.82, 2.24) is 4.31 Å². The number of rotatable bonds is 9. The van der Waals surface area contributed by atoms with E-state index in [0.717, 1.165) is 9.87 Å². The Labute approximate surface area is 209 Å². The SMILES string of the molecule is COc1cc(NC(=O)CN(Cc2ccc(Cl)cc2)S(=O)(=O)c2ccc(C)cc2)c(OC)cc1Cl. The molecule has 3 rings (SSSR count). The van der Waals surface area contributed by atoms with Crippen LogP contribution in [-0.2, 0) is 21.4 Å². The fourth-order valence-electron chi connectivity index (χ4n) is 3.19. The summed E-state index contributed by atoms with van der Waals surface area (Å²) in [5.74, 6) is 0.0835. The van der Waals surface area contributed by atoms with E-state index in [2.05, 4.69) is 5.32 Å².